The third-order valence-corrected chi connectivity index (χ3v) is 17.0. The average molecular weight is 1260 g/mol. The molecule has 0 aliphatic carbocycles. The van der Waals surface area contributed by atoms with Gasteiger partial charge in [-0.15, -0.1) is 0 Å². The second-order valence-electron chi connectivity index (χ2n) is 25.8. The van der Waals surface area contributed by atoms with Crippen molar-refractivity contribution < 1.29 is 80.2 Å². The zero-order valence-corrected chi connectivity index (χ0v) is 57.0. The molecule has 0 aromatic rings. The summed E-state index contributed by atoms with van der Waals surface area (Å²) in [5.74, 6) is 0.748. The Hall–Kier alpha value is -1.94. The maximum atomic E-state index is 13.0. The van der Waals surface area contributed by atoms with Crippen LogP contribution in [-0.2, 0) is 65.4 Å². The summed E-state index contributed by atoms with van der Waals surface area (Å²) in [6.45, 7) is 14.0. The number of phosphoric acid groups is 2. The van der Waals surface area contributed by atoms with Crippen LogP contribution in [0.2, 0.25) is 0 Å². The Bertz CT molecular complexity index is 1700. The van der Waals surface area contributed by atoms with Crippen LogP contribution in [0.15, 0.2) is 0 Å². The molecule has 0 saturated carbocycles. The van der Waals surface area contributed by atoms with Gasteiger partial charge in [0.2, 0.25) is 0 Å². The number of carbonyl (C=O) groups is 4. The first-order chi connectivity index (χ1) is 40.6. The molecule has 504 valence electrons. The third kappa shape index (κ3) is 60.7. The Kier molecular flexibility index (Phi) is 54.8. The normalized spacial score (nSPS) is 14.4. The van der Waals surface area contributed by atoms with Crippen molar-refractivity contribution in [3.8, 4) is 0 Å². The van der Waals surface area contributed by atoms with E-state index < -0.39 is 97.5 Å². The van der Waals surface area contributed by atoms with Crippen molar-refractivity contribution in [3.63, 3.8) is 0 Å². The van der Waals surface area contributed by atoms with Gasteiger partial charge in [0.05, 0.1) is 26.4 Å². The van der Waals surface area contributed by atoms with Gasteiger partial charge in [-0.3, -0.25) is 37.3 Å². The fraction of sp³-hybridized carbons (Fsp3) is 0.939. The predicted octanol–water partition coefficient (Wildman–Crippen LogP) is 18.1. The molecule has 0 radical (unpaired) electrons. The number of phosphoric ester groups is 2. The molecule has 0 heterocycles. The van der Waals surface area contributed by atoms with Gasteiger partial charge in [-0.05, 0) is 49.4 Å². The lowest BCUT2D eigenvalue weighted by Crippen LogP contribution is -2.30. The van der Waals surface area contributed by atoms with Gasteiger partial charge in [-0.1, -0.05) is 267 Å². The summed E-state index contributed by atoms with van der Waals surface area (Å²) < 4.78 is 68.1. The highest BCUT2D eigenvalue weighted by Gasteiger charge is 2.30. The summed E-state index contributed by atoms with van der Waals surface area (Å²) in [4.78, 5) is 72.3. The van der Waals surface area contributed by atoms with E-state index in [1.807, 2.05) is 0 Å². The molecule has 0 aliphatic rings. The standard InChI is InChI=1S/C66H128O17P2/c1-56(2)42-34-26-18-13-10-9-11-15-21-32-40-48-65(70)82-61(52-76-63(68)46-38-30-23-17-20-28-36-44-58(5)6)54-80-84(72,73)78-50-60(67)51-79-85(74,75)81-55-62(53-77-64(69)47-39-31-25-24-29-37-45-59(7)8)83-66(71)49-41-33-22-16-12-14-19-27-35-43-57(3)4/h56-62,67H,9-55H2,1-8H3,(H,72,73)(H,74,75)/t60?,61-,62-/m1/s1. The molecule has 0 saturated heterocycles. The van der Waals surface area contributed by atoms with Crippen LogP contribution in [0.3, 0.4) is 0 Å². The summed E-state index contributed by atoms with van der Waals surface area (Å²) in [6, 6.07) is 0. The van der Waals surface area contributed by atoms with Gasteiger partial charge in [-0.25, -0.2) is 9.13 Å². The van der Waals surface area contributed by atoms with Crippen LogP contribution in [0.5, 0.6) is 0 Å². The van der Waals surface area contributed by atoms with Crippen molar-refractivity contribution in [2.24, 2.45) is 23.7 Å². The molecule has 0 amide bonds. The quantitative estimate of drug-likeness (QED) is 0.0222. The van der Waals surface area contributed by atoms with Crippen molar-refractivity contribution >= 4 is 39.5 Å². The van der Waals surface area contributed by atoms with Crippen LogP contribution in [0.4, 0.5) is 0 Å². The molecule has 17 nitrogen and oxygen atoms in total. The highest BCUT2D eigenvalue weighted by molar-refractivity contribution is 7.47. The number of carbonyl (C=O) groups excluding carboxylic acids is 4. The number of aliphatic hydroxyl groups excluding tert-OH is 1. The summed E-state index contributed by atoms with van der Waals surface area (Å²) in [5.41, 5.74) is 0. The molecule has 5 atom stereocenters. The third-order valence-electron chi connectivity index (χ3n) is 15.1. The predicted molar refractivity (Wildman–Crippen MR) is 340 cm³/mol. The van der Waals surface area contributed by atoms with E-state index in [4.69, 9.17) is 37.0 Å². The summed E-state index contributed by atoms with van der Waals surface area (Å²) in [6.07, 6.45) is 36.4. The van der Waals surface area contributed by atoms with E-state index in [1.165, 1.54) is 109 Å². The van der Waals surface area contributed by atoms with Gasteiger partial charge in [-0.2, -0.15) is 0 Å². The lowest BCUT2D eigenvalue weighted by molar-refractivity contribution is -0.161. The molecule has 0 bridgehead atoms. The number of esters is 4. The first-order valence-corrected chi connectivity index (χ1v) is 37.2. The Morgan fingerprint density at radius 3 is 0.729 bits per heavy atom. The minimum Gasteiger partial charge on any atom is -0.462 e. The van der Waals surface area contributed by atoms with E-state index in [-0.39, 0.29) is 25.7 Å². The molecular weight excluding hydrogens is 1130 g/mol. The van der Waals surface area contributed by atoms with Gasteiger partial charge >= 0.3 is 39.5 Å². The first-order valence-electron chi connectivity index (χ1n) is 34.2. The summed E-state index contributed by atoms with van der Waals surface area (Å²) in [7, 11) is -9.89. The Morgan fingerprint density at radius 1 is 0.294 bits per heavy atom. The molecule has 3 unspecified atom stereocenters. The molecule has 19 heteroatoms. The van der Waals surface area contributed by atoms with Gasteiger partial charge in [0.1, 0.15) is 19.3 Å². The monoisotopic (exact) mass is 1250 g/mol. The first kappa shape index (κ1) is 83.1. The maximum Gasteiger partial charge on any atom is 0.472 e. The van der Waals surface area contributed by atoms with Gasteiger partial charge in [0, 0.05) is 25.7 Å². The number of rotatable bonds is 63. The zero-order chi connectivity index (χ0) is 63.2. The van der Waals surface area contributed by atoms with Crippen molar-refractivity contribution in [1.29, 1.82) is 0 Å². The maximum absolute atomic E-state index is 13.0. The molecule has 3 N–H and O–H groups in total. The van der Waals surface area contributed by atoms with Crippen LogP contribution in [-0.4, -0.2) is 96.7 Å². The Morgan fingerprint density at radius 2 is 0.494 bits per heavy atom. The molecule has 0 fully saturated rings. The minimum atomic E-state index is -4.95. The fourth-order valence-corrected chi connectivity index (χ4v) is 11.4. The fourth-order valence-electron chi connectivity index (χ4n) is 9.78. The van der Waals surface area contributed by atoms with Crippen molar-refractivity contribution in [3.05, 3.63) is 0 Å². The molecule has 0 rings (SSSR count). The van der Waals surface area contributed by atoms with E-state index >= 15 is 0 Å². The van der Waals surface area contributed by atoms with Crippen molar-refractivity contribution in [2.75, 3.05) is 39.6 Å². The van der Waals surface area contributed by atoms with E-state index in [0.29, 0.717) is 37.5 Å². The average Bonchev–Trinajstić information content (AvgIpc) is 3.60. The molecule has 0 aliphatic heterocycles. The number of unbranched alkanes of at least 4 members (excludes halogenated alkanes) is 29. The second-order valence-corrected chi connectivity index (χ2v) is 28.7. The SMILES string of the molecule is CC(C)CCCCCCCCCCCCCC(=O)O[C@H](COC(=O)CCCCCCCCCC(C)C)COP(=O)(O)OCC(O)COP(=O)(O)OC[C@@H](COC(=O)CCCCCCCCC(C)C)OC(=O)CCCCCCCCCCCC(C)C. The molecular formula is C66H128O17P2. The van der Waals surface area contributed by atoms with Crippen LogP contribution in [0.1, 0.15) is 319 Å². The Balaban J connectivity index is 5.25. The summed E-state index contributed by atoms with van der Waals surface area (Å²) >= 11 is 0. The largest absolute Gasteiger partial charge is 0.472 e. The van der Waals surface area contributed by atoms with E-state index in [1.54, 1.807) is 0 Å². The molecule has 0 aromatic carbocycles. The zero-order valence-electron chi connectivity index (χ0n) is 55.2. The van der Waals surface area contributed by atoms with Crippen LogP contribution in [0.25, 0.3) is 0 Å². The smallest absolute Gasteiger partial charge is 0.462 e. The second kappa shape index (κ2) is 56.1. The number of ether oxygens (including phenoxy) is 4. The number of hydrogen-bond acceptors (Lipinski definition) is 15. The van der Waals surface area contributed by atoms with Gasteiger partial charge < -0.3 is 33.8 Å². The van der Waals surface area contributed by atoms with Crippen molar-refractivity contribution in [2.45, 2.75) is 337 Å². The Labute approximate surface area is 517 Å². The van der Waals surface area contributed by atoms with E-state index in [9.17, 15) is 43.2 Å². The molecule has 0 spiro atoms. The van der Waals surface area contributed by atoms with Crippen LogP contribution >= 0.6 is 15.6 Å². The lowest BCUT2D eigenvalue weighted by atomic mass is 10.0. The topological polar surface area (TPSA) is 237 Å². The highest BCUT2D eigenvalue weighted by atomic mass is 31.2. The summed E-state index contributed by atoms with van der Waals surface area (Å²) in [5, 5.41) is 10.5. The number of aliphatic hydroxyl groups is 1. The van der Waals surface area contributed by atoms with E-state index in [0.717, 1.165) is 115 Å². The van der Waals surface area contributed by atoms with Gasteiger partial charge in [0.25, 0.3) is 0 Å². The number of hydrogen-bond donors (Lipinski definition) is 3. The molecule has 0 aromatic heterocycles. The van der Waals surface area contributed by atoms with E-state index in [2.05, 4.69) is 55.4 Å². The lowest BCUT2D eigenvalue weighted by Gasteiger charge is -2.21. The minimum absolute atomic E-state index is 0.103. The van der Waals surface area contributed by atoms with Crippen molar-refractivity contribution in [1.82, 2.24) is 0 Å². The molecule has 85 heavy (non-hydrogen) atoms. The highest BCUT2D eigenvalue weighted by Crippen LogP contribution is 2.45. The van der Waals surface area contributed by atoms with Crippen LogP contribution < -0.4 is 0 Å². The van der Waals surface area contributed by atoms with Gasteiger partial charge in [0.15, 0.2) is 12.2 Å². The van der Waals surface area contributed by atoms with Crippen LogP contribution in [0, 0.1) is 23.7 Å².